The van der Waals surface area contributed by atoms with Crippen LogP contribution in [0.5, 0.6) is 17.2 Å². The summed E-state index contributed by atoms with van der Waals surface area (Å²) in [5.41, 5.74) is 0.780. The molecule has 4 rings (SSSR count). The van der Waals surface area contributed by atoms with Gasteiger partial charge in [-0.3, -0.25) is 9.80 Å². The van der Waals surface area contributed by atoms with Gasteiger partial charge in [0.25, 0.3) is 0 Å². The maximum atomic E-state index is 5.67. The van der Waals surface area contributed by atoms with Gasteiger partial charge in [-0.2, -0.15) is 0 Å². The van der Waals surface area contributed by atoms with Gasteiger partial charge in [0.1, 0.15) is 0 Å². The Kier molecular flexibility index (Phi) is 7.09. The molecule has 1 aliphatic carbocycles. The Morgan fingerprint density at radius 3 is 2.03 bits per heavy atom. The van der Waals surface area contributed by atoms with E-state index in [9.17, 15) is 0 Å². The smallest absolute Gasteiger partial charge is 0.203 e. The van der Waals surface area contributed by atoms with Gasteiger partial charge in [0.05, 0.1) is 32.9 Å². The Labute approximate surface area is 197 Å². The molecule has 0 amide bonds. The highest BCUT2D eigenvalue weighted by Crippen LogP contribution is 2.42. The summed E-state index contributed by atoms with van der Waals surface area (Å²) in [6.07, 6.45) is 5.38. The van der Waals surface area contributed by atoms with Crippen LogP contribution in [0.15, 0.2) is 12.1 Å². The number of rotatable bonds is 7. The van der Waals surface area contributed by atoms with Crippen LogP contribution in [-0.4, -0.2) is 83.6 Å². The third-order valence-corrected chi connectivity index (χ3v) is 6.93. The molecule has 2 fully saturated rings. The van der Waals surface area contributed by atoms with Crippen molar-refractivity contribution in [3.05, 3.63) is 23.5 Å². The number of aromatic nitrogens is 4. The minimum atomic E-state index is -0.247. The second-order valence-electron chi connectivity index (χ2n) is 9.99. The number of piperazine rings is 1. The number of methoxy groups -OCH3 is 3. The third-order valence-electron chi connectivity index (χ3n) is 6.93. The van der Waals surface area contributed by atoms with E-state index in [0.717, 1.165) is 43.6 Å². The second kappa shape index (κ2) is 9.85. The zero-order valence-corrected chi connectivity index (χ0v) is 20.9. The summed E-state index contributed by atoms with van der Waals surface area (Å²) in [4.78, 5) is 5.16. The van der Waals surface area contributed by atoms with Crippen LogP contribution in [0.3, 0.4) is 0 Å². The Hall–Kier alpha value is -2.39. The predicted octanol–water partition coefficient (Wildman–Crippen LogP) is 3.10. The fraction of sp³-hybridized carbons (Fsp3) is 0.708. The topological polar surface area (TPSA) is 77.8 Å². The number of hydrogen-bond acceptors (Lipinski definition) is 8. The minimum absolute atomic E-state index is 0.126. The molecule has 2 aliphatic rings. The molecule has 1 aliphatic heterocycles. The Bertz CT molecular complexity index is 902. The molecule has 9 heteroatoms. The summed E-state index contributed by atoms with van der Waals surface area (Å²) in [5, 5.41) is 12.9. The average Bonchev–Trinajstić information content (AvgIpc) is 3.51. The summed E-state index contributed by atoms with van der Waals surface area (Å²) in [5.74, 6) is 2.68. The van der Waals surface area contributed by atoms with Gasteiger partial charge in [-0.1, -0.05) is 12.8 Å². The van der Waals surface area contributed by atoms with Crippen molar-refractivity contribution >= 4 is 0 Å². The molecule has 182 valence electrons. The van der Waals surface area contributed by atoms with Gasteiger partial charge in [-0.25, -0.2) is 4.68 Å². The lowest BCUT2D eigenvalue weighted by molar-refractivity contribution is 0.0754. The number of benzene rings is 1. The van der Waals surface area contributed by atoms with Crippen molar-refractivity contribution < 1.29 is 14.2 Å². The molecule has 0 radical (unpaired) electrons. The molecule has 2 heterocycles. The van der Waals surface area contributed by atoms with Crippen molar-refractivity contribution in [3.63, 3.8) is 0 Å². The van der Waals surface area contributed by atoms with E-state index in [0.29, 0.717) is 17.2 Å². The van der Waals surface area contributed by atoms with Gasteiger partial charge in [0.2, 0.25) is 5.75 Å². The highest BCUT2D eigenvalue weighted by molar-refractivity contribution is 5.55. The van der Waals surface area contributed by atoms with Crippen LogP contribution in [0.2, 0.25) is 0 Å². The molecule has 0 N–H and O–H groups in total. The number of nitrogens with zero attached hydrogens (tertiary/aromatic N) is 6. The number of tetrazole rings is 1. The van der Waals surface area contributed by atoms with Crippen LogP contribution in [0.4, 0.5) is 0 Å². The van der Waals surface area contributed by atoms with Crippen molar-refractivity contribution in [2.45, 2.75) is 64.1 Å². The number of hydrogen-bond donors (Lipinski definition) is 0. The molecule has 0 spiro atoms. The first-order valence-electron chi connectivity index (χ1n) is 11.9. The lowest BCUT2D eigenvalue weighted by Gasteiger charge is -2.41. The van der Waals surface area contributed by atoms with Crippen molar-refractivity contribution in [3.8, 4) is 17.2 Å². The highest BCUT2D eigenvalue weighted by Gasteiger charge is 2.35. The van der Waals surface area contributed by atoms with Crippen LogP contribution >= 0.6 is 0 Å². The predicted molar refractivity (Wildman–Crippen MR) is 126 cm³/mol. The molecule has 1 aromatic heterocycles. The zero-order valence-electron chi connectivity index (χ0n) is 20.9. The first-order valence-corrected chi connectivity index (χ1v) is 11.9. The van der Waals surface area contributed by atoms with Crippen molar-refractivity contribution in [1.82, 2.24) is 30.0 Å². The van der Waals surface area contributed by atoms with Crippen LogP contribution in [0, 0.1) is 0 Å². The monoisotopic (exact) mass is 458 g/mol. The van der Waals surface area contributed by atoms with Gasteiger partial charge in [0.15, 0.2) is 17.3 Å². The van der Waals surface area contributed by atoms with Crippen molar-refractivity contribution in [2.75, 3.05) is 47.5 Å². The fourth-order valence-electron chi connectivity index (χ4n) is 5.25. The fourth-order valence-corrected chi connectivity index (χ4v) is 5.25. The van der Waals surface area contributed by atoms with E-state index in [1.807, 2.05) is 16.8 Å². The van der Waals surface area contributed by atoms with Gasteiger partial charge in [0, 0.05) is 32.2 Å². The van der Waals surface area contributed by atoms with E-state index in [-0.39, 0.29) is 11.6 Å². The standard InChI is InChI=1S/C24H38N6O3/c1-24(2,3)30-23(25-26-27-30)21(17-15-19(31-4)22(33-6)20(16-17)32-5)29-13-11-28(12-14-29)18-9-7-8-10-18/h15-16,18,21H,7-14H2,1-6H3. The first kappa shape index (κ1) is 23.8. The zero-order chi connectivity index (χ0) is 23.6. The normalized spacial score (nSPS) is 19.6. The van der Waals surface area contributed by atoms with E-state index < -0.39 is 0 Å². The molecular formula is C24H38N6O3. The molecule has 2 aromatic rings. The number of ether oxygens (including phenoxy) is 3. The Morgan fingerprint density at radius 2 is 1.52 bits per heavy atom. The van der Waals surface area contributed by atoms with E-state index in [1.165, 1.54) is 25.7 Å². The second-order valence-corrected chi connectivity index (χ2v) is 9.99. The van der Waals surface area contributed by atoms with Crippen molar-refractivity contribution in [1.29, 1.82) is 0 Å². The quantitative estimate of drug-likeness (QED) is 0.626. The maximum Gasteiger partial charge on any atom is 0.203 e. The van der Waals surface area contributed by atoms with Gasteiger partial charge < -0.3 is 14.2 Å². The Balaban J connectivity index is 1.73. The third kappa shape index (κ3) is 4.80. The summed E-state index contributed by atoms with van der Waals surface area (Å²) in [6.45, 7) is 10.4. The average molecular weight is 459 g/mol. The summed E-state index contributed by atoms with van der Waals surface area (Å²) < 4.78 is 18.8. The van der Waals surface area contributed by atoms with E-state index in [2.05, 4.69) is 46.1 Å². The molecule has 1 atom stereocenters. The SMILES string of the molecule is COc1cc(C(c2nnnn2C(C)(C)C)N2CCN(C3CCCC3)CC2)cc(OC)c1OC. The molecule has 1 saturated carbocycles. The minimum Gasteiger partial charge on any atom is -0.493 e. The van der Waals surface area contributed by atoms with E-state index >= 15 is 0 Å². The lowest BCUT2D eigenvalue weighted by atomic mass is 10.00. The first-order chi connectivity index (χ1) is 15.9. The molecule has 9 nitrogen and oxygen atoms in total. The summed E-state index contributed by atoms with van der Waals surface area (Å²) in [7, 11) is 4.92. The van der Waals surface area contributed by atoms with E-state index in [4.69, 9.17) is 14.2 Å². The molecule has 1 unspecified atom stereocenters. The van der Waals surface area contributed by atoms with E-state index in [1.54, 1.807) is 21.3 Å². The highest BCUT2D eigenvalue weighted by atomic mass is 16.5. The van der Waals surface area contributed by atoms with Gasteiger partial charge >= 0.3 is 0 Å². The largest absolute Gasteiger partial charge is 0.493 e. The Morgan fingerprint density at radius 1 is 0.909 bits per heavy atom. The lowest BCUT2D eigenvalue weighted by Crippen LogP contribution is -2.51. The molecule has 1 saturated heterocycles. The summed E-state index contributed by atoms with van der Waals surface area (Å²) >= 11 is 0. The van der Waals surface area contributed by atoms with Gasteiger partial charge in [-0.05, 0) is 61.7 Å². The molecular weight excluding hydrogens is 420 g/mol. The van der Waals surface area contributed by atoms with Crippen LogP contribution in [0.25, 0.3) is 0 Å². The van der Waals surface area contributed by atoms with Crippen molar-refractivity contribution in [2.24, 2.45) is 0 Å². The summed E-state index contributed by atoms with van der Waals surface area (Å²) in [6, 6.07) is 4.67. The van der Waals surface area contributed by atoms with Crippen LogP contribution in [0.1, 0.15) is 63.9 Å². The molecule has 0 bridgehead atoms. The van der Waals surface area contributed by atoms with Gasteiger partial charge in [-0.15, -0.1) is 5.10 Å². The molecule has 1 aromatic carbocycles. The molecule has 33 heavy (non-hydrogen) atoms. The van der Waals surface area contributed by atoms with Crippen LogP contribution in [-0.2, 0) is 5.54 Å². The maximum absolute atomic E-state index is 5.67. The van der Waals surface area contributed by atoms with Crippen LogP contribution < -0.4 is 14.2 Å².